The first-order valence-corrected chi connectivity index (χ1v) is 6.57. The first kappa shape index (κ1) is 12.7. The van der Waals surface area contributed by atoms with Gasteiger partial charge in [-0.05, 0) is 31.4 Å². The molecule has 0 saturated heterocycles. The molecule has 2 rings (SSSR count). The second kappa shape index (κ2) is 5.25. The van der Waals surface area contributed by atoms with Gasteiger partial charge in [-0.25, -0.2) is 4.68 Å². The van der Waals surface area contributed by atoms with Gasteiger partial charge >= 0.3 is 0 Å². The van der Waals surface area contributed by atoms with Crippen LogP contribution in [0.3, 0.4) is 0 Å². The Kier molecular flexibility index (Phi) is 3.70. The van der Waals surface area contributed by atoms with Gasteiger partial charge in [0, 0.05) is 11.3 Å². The van der Waals surface area contributed by atoms with Crippen molar-refractivity contribution >= 4 is 0 Å². The molecule has 1 N–H and O–H groups in total. The molecule has 18 heavy (non-hydrogen) atoms. The van der Waals surface area contributed by atoms with Gasteiger partial charge in [0.05, 0.1) is 5.69 Å². The van der Waals surface area contributed by atoms with Crippen molar-refractivity contribution in [3.05, 3.63) is 51.4 Å². The van der Waals surface area contributed by atoms with Crippen LogP contribution in [0.4, 0.5) is 0 Å². The van der Waals surface area contributed by atoms with E-state index < -0.39 is 0 Å². The van der Waals surface area contributed by atoms with E-state index in [1.165, 1.54) is 0 Å². The predicted octanol–water partition coefficient (Wildman–Crippen LogP) is 2.99. The van der Waals surface area contributed by atoms with Crippen LogP contribution in [0.2, 0.25) is 0 Å². The molecule has 0 spiro atoms. The lowest BCUT2D eigenvalue weighted by Crippen LogP contribution is -2.17. The second-order valence-corrected chi connectivity index (χ2v) is 4.60. The molecule has 0 aliphatic rings. The zero-order valence-electron chi connectivity index (χ0n) is 11.3. The molecule has 0 aliphatic heterocycles. The van der Waals surface area contributed by atoms with Crippen LogP contribution in [0.1, 0.15) is 37.1 Å². The summed E-state index contributed by atoms with van der Waals surface area (Å²) in [5, 5.41) is 3.26. The summed E-state index contributed by atoms with van der Waals surface area (Å²) < 4.78 is 1.68. The van der Waals surface area contributed by atoms with Crippen LogP contribution < -0.4 is 5.56 Å². The Morgan fingerprint density at radius 3 is 2.56 bits per heavy atom. The summed E-state index contributed by atoms with van der Waals surface area (Å²) >= 11 is 0. The summed E-state index contributed by atoms with van der Waals surface area (Å²) in [5.74, 6) is 0. The van der Waals surface area contributed by atoms with Crippen molar-refractivity contribution in [3.8, 4) is 5.69 Å². The van der Waals surface area contributed by atoms with Crippen molar-refractivity contribution in [2.75, 3.05) is 0 Å². The minimum absolute atomic E-state index is 0.0928. The van der Waals surface area contributed by atoms with Crippen LogP contribution >= 0.6 is 0 Å². The number of H-pyrrole nitrogens is 1. The molecule has 0 fully saturated rings. The van der Waals surface area contributed by atoms with Crippen LogP contribution in [0, 0.1) is 6.92 Å². The van der Waals surface area contributed by atoms with Crippen molar-refractivity contribution in [1.82, 2.24) is 9.78 Å². The van der Waals surface area contributed by atoms with Crippen LogP contribution in [-0.4, -0.2) is 9.78 Å². The lowest BCUT2D eigenvalue weighted by Gasteiger charge is -2.05. The average molecular weight is 244 g/mol. The van der Waals surface area contributed by atoms with Crippen LogP contribution in [-0.2, 0) is 12.8 Å². The highest BCUT2D eigenvalue weighted by atomic mass is 16.1. The van der Waals surface area contributed by atoms with E-state index in [4.69, 9.17) is 0 Å². The standard InChI is InChI=1S/C15H20N2O/c1-4-8-13-12(5-2)15(18)17(16-13)14-10-7-6-9-11(14)3/h6-7,9-10,16H,4-5,8H2,1-3H3. The fraction of sp³-hybridized carbons (Fsp3) is 0.400. The molecule has 1 heterocycles. The van der Waals surface area contributed by atoms with Crippen LogP contribution in [0.5, 0.6) is 0 Å². The largest absolute Gasteiger partial charge is 0.295 e. The second-order valence-electron chi connectivity index (χ2n) is 4.60. The van der Waals surface area contributed by atoms with Crippen molar-refractivity contribution in [3.63, 3.8) is 0 Å². The molecule has 0 saturated carbocycles. The highest BCUT2D eigenvalue weighted by molar-refractivity contribution is 5.40. The first-order chi connectivity index (χ1) is 8.69. The zero-order chi connectivity index (χ0) is 13.1. The Hall–Kier alpha value is -1.77. The van der Waals surface area contributed by atoms with Crippen molar-refractivity contribution in [1.29, 1.82) is 0 Å². The summed E-state index contributed by atoms with van der Waals surface area (Å²) in [6.45, 7) is 6.18. The quantitative estimate of drug-likeness (QED) is 0.882. The maximum Gasteiger partial charge on any atom is 0.274 e. The van der Waals surface area contributed by atoms with E-state index in [2.05, 4.69) is 12.0 Å². The van der Waals surface area contributed by atoms with Crippen LogP contribution in [0.25, 0.3) is 5.69 Å². The average Bonchev–Trinajstić information content (AvgIpc) is 2.67. The fourth-order valence-corrected chi connectivity index (χ4v) is 2.32. The molecule has 0 atom stereocenters. The maximum atomic E-state index is 12.4. The number of rotatable bonds is 4. The number of nitrogens with zero attached hydrogens (tertiary/aromatic N) is 1. The molecular formula is C15H20N2O. The van der Waals surface area contributed by atoms with Crippen LogP contribution in [0.15, 0.2) is 29.1 Å². The maximum absolute atomic E-state index is 12.4. The highest BCUT2D eigenvalue weighted by Gasteiger charge is 2.13. The number of para-hydroxylation sites is 1. The predicted molar refractivity (Wildman–Crippen MR) is 74.5 cm³/mol. The molecule has 0 radical (unpaired) electrons. The van der Waals surface area contributed by atoms with E-state index in [-0.39, 0.29) is 5.56 Å². The zero-order valence-corrected chi connectivity index (χ0v) is 11.3. The fourth-order valence-electron chi connectivity index (χ4n) is 2.32. The Bertz CT molecular complexity index is 593. The molecule has 0 bridgehead atoms. The first-order valence-electron chi connectivity index (χ1n) is 6.57. The van der Waals surface area contributed by atoms with E-state index in [9.17, 15) is 4.79 Å². The highest BCUT2D eigenvalue weighted by Crippen LogP contribution is 2.13. The summed E-state index contributed by atoms with van der Waals surface area (Å²) in [4.78, 5) is 12.4. The van der Waals surface area contributed by atoms with E-state index in [0.29, 0.717) is 0 Å². The SMILES string of the molecule is CCCc1[nH]n(-c2ccccc2C)c(=O)c1CC. The van der Waals surface area contributed by atoms with E-state index in [1.807, 2.05) is 38.1 Å². The third-order valence-electron chi connectivity index (χ3n) is 3.28. The minimum Gasteiger partial charge on any atom is -0.295 e. The van der Waals surface area contributed by atoms with Gasteiger partial charge in [0.15, 0.2) is 0 Å². The van der Waals surface area contributed by atoms with E-state index in [1.54, 1.807) is 4.68 Å². The Labute approximate surface area is 107 Å². The van der Waals surface area contributed by atoms with Crippen molar-refractivity contribution in [2.24, 2.45) is 0 Å². The number of hydrogen-bond donors (Lipinski definition) is 1. The van der Waals surface area contributed by atoms with E-state index >= 15 is 0 Å². The molecule has 3 nitrogen and oxygen atoms in total. The van der Waals surface area contributed by atoms with Crippen molar-refractivity contribution < 1.29 is 0 Å². The number of aromatic amines is 1. The minimum atomic E-state index is 0.0928. The van der Waals surface area contributed by atoms with Crippen molar-refractivity contribution in [2.45, 2.75) is 40.0 Å². The summed E-state index contributed by atoms with van der Waals surface area (Å²) in [7, 11) is 0. The molecule has 3 heteroatoms. The molecular weight excluding hydrogens is 224 g/mol. The summed E-state index contributed by atoms with van der Waals surface area (Å²) in [6.07, 6.45) is 2.75. The van der Waals surface area contributed by atoms with Gasteiger partial charge in [0.25, 0.3) is 5.56 Å². The number of nitrogens with one attached hydrogen (secondary N) is 1. The number of benzene rings is 1. The summed E-state index contributed by atoms with van der Waals surface area (Å²) in [6, 6.07) is 7.94. The molecule has 0 aliphatic carbocycles. The number of aromatic nitrogens is 2. The molecule has 0 amide bonds. The van der Waals surface area contributed by atoms with Gasteiger partial charge in [-0.1, -0.05) is 38.5 Å². The van der Waals surface area contributed by atoms with Gasteiger partial charge in [-0.2, -0.15) is 0 Å². The lowest BCUT2D eigenvalue weighted by molar-refractivity contribution is 0.789. The lowest BCUT2D eigenvalue weighted by atomic mass is 10.1. The molecule has 96 valence electrons. The monoisotopic (exact) mass is 244 g/mol. The van der Waals surface area contributed by atoms with Gasteiger partial charge in [0.1, 0.15) is 0 Å². The summed E-state index contributed by atoms with van der Waals surface area (Å²) in [5.41, 5.74) is 4.13. The van der Waals surface area contributed by atoms with Gasteiger partial charge < -0.3 is 0 Å². The Balaban J connectivity index is 2.59. The molecule has 0 unspecified atom stereocenters. The number of hydrogen-bond acceptors (Lipinski definition) is 1. The topological polar surface area (TPSA) is 37.8 Å². The smallest absolute Gasteiger partial charge is 0.274 e. The van der Waals surface area contributed by atoms with Gasteiger partial charge in [-0.3, -0.25) is 9.89 Å². The molecule has 2 aromatic rings. The number of aryl methyl sites for hydroxylation is 2. The molecule has 1 aromatic heterocycles. The molecule has 1 aromatic carbocycles. The third-order valence-corrected chi connectivity index (χ3v) is 3.28. The normalized spacial score (nSPS) is 10.8. The third kappa shape index (κ3) is 2.13. The van der Waals surface area contributed by atoms with E-state index in [0.717, 1.165) is 41.8 Å². The van der Waals surface area contributed by atoms with Gasteiger partial charge in [0.2, 0.25) is 0 Å². The Morgan fingerprint density at radius 1 is 1.22 bits per heavy atom. The Morgan fingerprint density at radius 2 is 1.94 bits per heavy atom. The van der Waals surface area contributed by atoms with Gasteiger partial charge in [-0.15, -0.1) is 0 Å².